The number of nitro groups is 1. The van der Waals surface area contributed by atoms with Crippen LogP contribution in [-0.4, -0.2) is 20.7 Å². The number of nitrogens with zero attached hydrogens (tertiary/aromatic N) is 2. The van der Waals surface area contributed by atoms with Gasteiger partial charge in [0, 0.05) is 18.1 Å². The van der Waals surface area contributed by atoms with Crippen molar-refractivity contribution < 1.29 is 10.0 Å². The van der Waals surface area contributed by atoms with E-state index in [2.05, 4.69) is 0 Å². The highest BCUT2D eigenvalue weighted by molar-refractivity contribution is 5.82. The Kier molecular flexibility index (Phi) is 4.63. The van der Waals surface area contributed by atoms with Crippen molar-refractivity contribution in [2.24, 2.45) is 0 Å². The zero-order chi connectivity index (χ0) is 18.0. The van der Waals surface area contributed by atoms with Crippen LogP contribution >= 0.6 is 0 Å². The molecule has 128 valence electrons. The molecule has 0 radical (unpaired) electrons. The van der Waals surface area contributed by atoms with Crippen LogP contribution in [0.4, 0.5) is 5.69 Å². The summed E-state index contributed by atoms with van der Waals surface area (Å²) in [6, 6.07) is 15.1. The fourth-order valence-corrected chi connectivity index (χ4v) is 2.92. The van der Waals surface area contributed by atoms with Crippen molar-refractivity contribution in [2.75, 3.05) is 0 Å². The number of aryl methyl sites for hydroxylation is 1. The van der Waals surface area contributed by atoms with Gasteiger partial charge < -0.3 is 9.67 Å². The predicted molar refractivity (Wildman–Crippen MR) is 95.8 cm³/mol. The predicted octanol–water partition coefficient (Wildman–Crippen LogP) is 2.82. The molecule has 3 rings (SSSR count). The van der Waals surface area contributed by atoms with Crippen LogP contribution in [-0.2, 0) is 13.0 Å². The molecule has 6 nitrogen and oxygen atoms in total. The van der Waals surface area contributed by atoms with Gasteiger partial charge in [-0.2, -0.15) is 0 Å². The first-order valence-corrected chi connectivity index (χ1v) is 7.95. The van der Waals surface area contributed by atoms with Crippen molar-refractivity contribution in [1.29, 1.82) is 0 Å². The molecule has 25 heavy (non-hydrogen) atoms. The Hall–Kier alpha value is -2.99. The summed E-state index contributed by atoms with van der Waals surface area (Å²) in [5.74, 6) is 0. The van der Waals surface area contributed by atoms with Gasteiger partial charge in [-0.25, -0.2) is 0 Å². The molecule has 1 N–H and O–H groups in total. The molecule has 3 aromatic rings. The summed E-state index contributed by atoms with van der Waals surface area (Å²) in [5, 5.41) is 23.5. The van der Waals surface area contributed by atoms with E-state index < -0.39 is 11.0 Å². The zero-order valence-corrected chi connectivity index (χ0v) is 13.8. The number of benzene rings is 2. The largest absolute Gasteiger partial charge is 0.391 e. The third-order valence-electron chi connectivity index (χ3n) is 4.19. The molecule has 0 spiro atoms. The highest BCUT2D eigenvalue weighted by atomic mass is 16.6. The monoisotopic (exact) mass is 338 g/mol. The van der Waals surface area contributed by atoms with E-state index in [9.17, 15) is 20.0 Å². The average Bonchev–Trinajstić information content (AvgIpc) is 2.57. The second kappa shape index (κ2) is 6.86. The van der Waals surface area contributed by atoms with Crippen LogP contribution in [0, 0.1) is 17.0 Å². The van der Waals surface area contributed by atoms with Crippen molar-refractivity contribution in [2.45, 2.75) is 26.0 Å². The molecule has 0 saturated carbocycles. The Morgan fingerprint density at radius 2 is 1.88 bits per heavy atom. The minimum absolute atomic E-state index is 0.00673. The maximum absolute atomic E-state index is 12.0. The maximum atomic E-state index is 12.0. The third-order valence-corrected chi connectivity index (χ3v) is 4.19. The van der Waals surface area contributed by atoms with Crippen molar-refractivity contribution in [3.05, 3.63) is 86.3 Å². The van der Waals surface area contributed by atoms with E-state index in [0.717, 1.165) is 16.3 Å². The first-order chi connectivity index (χ1) is 11.9. The number of aliphatic hydroxyl groups excluding tert-OH is 1. The number of pyridine rings is 1. The minimum atomic E-state index is -0.818. The second-order valence-corrected chi connectivity index (χ2v) is 6.13. The van der Waals surface area contributed by atoms with Crippen LogP contribution in [0.25, 0.3) is 10.8 Å². The van der Waals surface area contributed by atoms with E-state index in [1.807, 2.05) is 42.5 Å². The number of fused-ring (bicyclic) bond motifs is 1. The summed E-state index contributed by atoms with van der Waals surface area (Å²) in [4.78, 5) is 22.5. The SMILES string of the molecule is Cc1cc(=O)n(CC(O)Cc2ccc3ccccc3c2)cc1[N+](=O)[O-]. The fraction of sp³-hybridized carbons (Fsp3) is 0.211. The maximum Gasteiger partial charge on any atom is 0.288 e. The lowest BCUT2D eigenvalue weighted by Crippen LogP contribution is -2.27. The molecule has 6 heteroatoms. The molecule has 1 heterocycles. The minimum Gasteiger partial charge on any atom is -0.391 e. The molecule has 2 aromatic carbocycles. The Morgan fingerprint density at radius 1 is 1.16 bits per heavy atom. The molecule has 0 saturated heterocycles. The summed E-state index contributed by atoms with van der Waals surface area (Å²) < 4.78 is 1.19. The highest BCUT2D eigenvalue weighted by Gasteiger charge is 2.15. The molecule has 1 atom stereocenters. The van der Waals surface area contributed by atoms with E-state index in [0.29, 0.717) is 12.0 Å². The van der Waals surface area contributed by atoms with Gasteiger partial charge in [-0.3, -0.25) is 14.9 Å². The van der Waals surface area contributed by atoms with Crippen LogP contribution in [0.15, 0.2) is 59.5 Å². The quantitative estimate of drug-likeness (QED) is 0.572. The Balaban J connectivity index is 1.79. The fourth-order valence-electron chi connectivity index (χ4n) is 2.92. The normalized spacial score (nSPS) is 12.2. The van der Waals surface area contributed by atoms with E-state index in [-0.39, 0.29) is 17.8 Å². The van der Waals surface area contributed by atoms with E-state index in [1.54, 1.807) is 0 Å². The molecule has 0 fully saturated rings. The zero-order valence-electron chi connectivity index (χ0n) is 13.8. The van der Waals surface area contributed by atoms with Crippen LogP contribution in [0.1, 0.15) is 11.1 Å². The third kappa shape index (κ3) is 3.75. The number of hydrogen-bond donors (Lipinski definition) is 1. The Bertz CT molecular complexity index is 994. The molecule has 0 bridgehead atoms. The average molecular weight is 338 g/mol. The van der Waals surface area contributed by atoms with E-state index >= 15 is 0 Å². The summed E-state index contributed by atoms with van der Waals surface area (Å²) >= 11 is 0. The van der Waals surface area contributed by atoms with Crippen molar-refractivity contribution in [1.82, 2.24) is 4.57 Å². The topological polar surface area (TPSA) is 85.4 Å². The van der Waals surface area contributed by atoms with Gasteiger partial charge in [0.05, 0.1) is 23.8 Å². The summed E-state index contributed by atoms with van der Waals surface area (Å²) in [6.07, 6.45) is 0.737. The van der Waals surface area contributed by atoms with E-state index in [1.165, 1.54) is 23.8 Å². The van der Waals surface area contributed by atoms with Crippen LogP contribution in [0.5, 0.6) is 0 Å². The molecule has 1 aromatic heterocycles. The number of hydrogen-bond acceptors (Lipinski definition) is 4. The van der Waals surface area contributed by atoms with Crippen molar-refractivity contribution in [3.8, 4) is 0 Å². The molecular formula is C19H18N2O4. The molecule has 0 amide bonds. The first-order valence-electron chi connectivity index (χ1n) is 7.95. The Morgan fingerprint density at radius 3 is 2.60 bits per heavy atom. The number of aromatic nitrogens is 1. The van der Waals surface area contributed by atoms with Gasteiger partial charge in [0.25, 0.3) is 11.2 Å². The lowest BCUT2D eigenvalue weighted by Gasteiger charge is -2.13. The first kappa shape index (κ1) is 16.9. The lowest BCUT2D eigenvalue weighted by molar-refractivity contribution is -0.386. The van der Waals surface area contributed by atoms with Crippen molar-refractivity contribution in [3.63, 3.8) is 0 Å². The standard InChI is InChI=1S/C19H18N2O4/c1-13-8-19(23)20(12-18(13)21(24)25)11-17(22)10-14-6-7-15-4-2-3-5-16(15)9-14/h2-9,12,17,22H,10-11H2,1H3. The summed E-state index contributed by atoms with van der Waals surface area (Å²) in [5.41, 5.74) is 0.772. The summed E-state index contributed by atoms with van der Waals surface area (Å²) in [7, 11) is 0. The van der Waals surface area contributed by atoms with Gasteiger partial charge in [0.1, 0.15) is 0 Å². The van der Waals surface area contributed by atoms with Gasteiger partial charge >= 0.3 is 0 Å². The second-order valence-electron chi connectivity index (χ2n) is 6.13. The van der Waals surface area contributed by atoms with Gasteiger partial charge in [0.15, 0.2) is 0 Å². The van der Waals surface area contributed by atoms with Gasteiger partial charge in [0.2, 0.25) is 0 Å². The Labute approximate surface area is 144 Å². The molecule has 0 aliphatic rings. The molecular weight excluding hydrogens is 320 g/mol. The number of rotatable bonds is 5. The smallest absolute Gasteiger partial charge is 0.288 e. The van der Waals surface area contributed by atoms with Crippen molar-refractivity contribution >= 4 is 16.5 Å². The summed E-state index contributed by atoms with van der Waals surface area (Å²) in [6.45, 7) is 1.53. The number of aliphatic hydroxyl groups is 1. The molecule has 1 unspecified atom stereocenters. The molecule has 0 aliphatic heterocycles. The van der Waals surface area contributed by atoms with Crippen LogP contribution in [0.2, 0.25) is 0 Å². The lowest BCUT2D eigenvalue weighted by atomic mass is 10.0. The highest BCUT2D eigenvalue weighted by Crippen LogP contribution is 2.18. The van der Waals surface area contributed by atoms with E-state index in [4.69, 9.17) is 0 Å². The van der Waals surface area contributed by atoms with Gasteiger partial charge in [-0.05, 0) is 23.3 Å². The van der Waals surface area contributed by atoms with Gasteiger partial charge in [-0.15, -0.1) is 0 Å². The van der Waals surface area contributed by atoms with Crippen LogP contribution in [0.3, 0.4) is 0 Å². The molecule has 0 aliphatic carbocycles. The van der Waals surface area contributed by atoms with Crippen LogP contribution < -0.4 is 5.56 Å². The van der Waals surface area contributed by atoms with Gasteiger partial charge in [-0.1, -0.05) is 42.5 Å².